The minimum atomic E-state index is -0.748. The topological polar surface area (TPSA) is 65.9 Å². The van der Waals surface area contributed by atoms with Gasteiger partial charge in [0.25, 0.3) is 0 Å². The summed E-state index contributed by atoms with van der Waals surface area (Å²) in [6.45, 7) is 2.98. The molecule has 0 radical (unpaired) electrons. The first kappa shape index (κ1) is 16.2. The van der Waals surface area contributed by atoms with Gasteiger partial charge in [-0.3, -0.25) is 4.99 Å². The van der Waals surface area contributed by atoms with E-state index in [9.17, 15) is 9.50 Å². The van der Waals surface area contributed by atoms with Crippen molar-refractivity contribution < 1.29 is 14.2 Å². The van der Waals surface area contributed by atoms with Gasteiger partial charge in [-0.1, -0.05) is 12.1 Å². The number of rotatable bonds is 5. The number of halogens is 1. The molecule has 0 amide bonds. The zero-order valence-electron chi connectivity index (χ0n) is 13.3. The van der Waals surface area contributed by atoms with Crippen LogP contribution in [0.3, 0.4) is 0 Å². The van der Waals surface area contributed by atoms with E-state index in [0.29, 0.717) is 17.6 Å². The van der Waals surface area contributed by atoms with E-state index in [-0.39, 0.29) is 24.5 Å². The Morgan fingerprint density at radius 2 is 2.17 bits per heavy atom. The molecule has 2 heterocycles. The lowest BCUT2D eigenvalue weighted by Gasteiger charge is -2.23. The van der Waals surface area contributed by atoms with Crippen molar-refractivity contribution in [2.75, 3.05) is 13.1 Å². The number of aliphatic imine (C=N–C) groups is 1. The minimum Gasteiger partial charge on any atom is -0.386 e. The molecule has 0 saturated carbocycles. The summed E-state index contributed by atoms with van der Waals surface area (Å²) in [6, 6.07) is 6.14. The van der Waals surface area contributed by atoms with E-state index in [1.807, 2.05) is 6.92 Å². The summed E-state index contributed by atoms with van der Waals surface area (Å²) in [6.07, 6.45) is 3.16. The number of aliphatic hydroxyl groups is 1. The van der Waals surface area contributed by atoms with Gasteiger partial charge in [0, 0.05) is 6.54 Å². The van der Waals surface area contributed by atoms with Crippen LogP contribution in [0.4, 0.5) is 4.39 Å². The fourth-order valence-electron chi connectivity index (χ4n) is 3.25. The lowest BCUT2D eigenvalue weighted by molar-refractivity contribution is 0.0992. The van der Waals surface area contributed by atoms with Gasteiger partial charge in [0.1, 0.15) is 5.82 Å². The third-order valence-corrected chi connectivity index (χ3v) is 4.45. The van der Waals surface area contributed by atoms with Crippen molar-refractivity contribution >= 4 is 5.96 Å². The Hall–Kier alpha value is -1.66. The zero-order valence-corrected chi connectivity index (χ0v) is 13.3. The molecule has 3 N–H and O–H groups in total. The Balaban J connectivity index is 1.58. The van der Waals surface area contributed by atoms with E-state index in [2.05, 4.69) is 15.6 Å². The van der Waals surface area contributed by atoms with Crippen molar-refractivity contribution in [1.82, 2.24) is 10.6 Å². The van der Waals surface area contributed by atoms with Crippen LogP contribution < -0.4 is 10.6 Å². The number of ether oxygens (including phenoxy) is 1. The van der Waals surface area contributed by atoms with Gasteiger partial charge in [-0.15, -0.1) is 0 Å². The molecule has 4 atom stereocenters. The van der Waals surface area contributed by atoms with Crippen molar-refractivity contribution in [2.45, 2.75) is 50.5 Å². The highest BCUT2D eigenvalue weighted by molar-refractivity contribution is 5.80. The second-order valence-electron chi connectivity index (χ2n) is 6.15. The standard InChI is InChI=1S/C17H24FN3O2/c1-2-19-17(21-14-9-13-7-8-16(14)23-13)20-10-15(22)11-3-5-12(18)6-4-11/h3-6,13-16,22H,2,7-10H2,1H3,(H2,19,20,21). The quantitative estimate of drug-likeness (QED) is 0.571. The summed E-state index contributed by atoms with van der Waals surface area (Å²) in [4.78, 5) is 4.45. The molecule has 5 nitrogen and oxygen atoms in total. The highest BCUT2D eigenvalue weighted by atomic mass is 19.1. The number of aliphatic hydroxyl groups excluding tert-OH is 1. The molecule has 126 valence electrons. The minimum absolute atomic E-state index is 0.225. The molecule has 0 aliphatic carbocycles. The second-order valence-corrected chi connectivity index (χ2v) is 6.15. The SMILES string of the molecule is CCNC(=NCC(O)c1ccc(F)cc1)NC1CC2CCC1O2. The number of nitrogens with zero attached hydrogens (tertiary/aromatic N) is 1. The lowest BCUT2D eigenvalue weighted by atomic mass is 9.96. The van der Waals surface area contributed by atoms with Crippen LogP contribution in [0, 0.1) is 5.82 Å². The molecule has 6 heteroatoms. The third-order valence-electron chi connectivity index (χ3n) is 4.45. The summed E-state index contributed by atoms with van der Waals surface area (Å²) in [5.74, 6) is 0.380. The summed E-state index contributed by atoms with van der Waals surface area (Å²) < 4.78 is 18.8. The molecule has 0 aromatic heterocycles. The number of guanidine groups is 1. The number of hydrogen-bond donors (Lipinski definition) is 3. The van der Waals surface area contributed by atoms with Crippen molar-refractivity contribution in [3.05, 3.63) is 35.6 Å². The molecule has 23 heavy (non-hydrogen) atoms. The second kappa shape index (κ2) is 7.27. The Bertz CT molecular complexity index is 549. The third kappa shape index (κ3) is 4.00. The van der Waals surface area contributed by atoms with E-state index in [0.717, 1.165) is 25.8 Å². The predicted molar refractivity (Wildman–Crippen MR) is 86.8 cm³/mol. The van der Waals surface area contributed by atoms with Crippen LogP contribution in [0.5, 0.6) is 0 Å². The van der Waals surface area contributed by atoms with Crippen LogP contribution in [-0.4, -0.2) is 42.4 Å². The molecular formula is C17H24FN3O2. The van der Waals surface area contributed by atoms with Crippen molar-refractivity contribution in [3.63, 3.8) is 0 Å². The zero-order chi connectivity index (χ0) is 16.2. The molecule has 2 aliphatic rings. The fraction of sp³-hybridized carbons (Fsp3) is 0.588. The van der Waals surface area contributed by atoms with Gasteiger partial charge in [0.15, 0.2) is 5.96 Å². The smallest absolute Gasteiger partial charge is 0.191 e. The summed E-state index contributed by atoms with van der Waals surface area (Å²) in [5.41, 5.74) is 0.661. The van der Waals surface area contributed by atoms with E-state index in [1.54, 1.807) is 12.1 Å². The lowest BCUT2D eigenvalue weighted by Crippen LogP contribution is -2.47. The molecule has 2 bridgehead atoms. The summed E-state index contributed by atoms with van der Waals surface area (Å²) in [5, 5.41) is 16.8. The van der Waals surface area contributed by atoms with E-state index < -0.39 is 6.10 Å². The van der Waals surface area contributed by atoms with E-state index in [4.69, 9.17) is 4.74 Å². The monoisotopic (exact) mass is 321 g/mol. The van der Waals surface area contributed by atoms with Crippen LogP contribution in [0.25, 0.3) is 0 Å². The van der Waals surface area contributed by atoms with Crippen LogP contribution in [0.15, 0.2) is 29.3 Å². The first-order chi connectivity index (χ1) is 11.2. The molecule has 4 unspecified atom stereocenters. The predicted octanol–water partition coefficient (Wildman–Crippen LogP) is 1.73. The molecule has 2 fully saturated rings. The largest absolute Gasteiger partial charge is 0.386 e. The molecule has 1 aromatic rings. The highest BCUT2D eigenvalue weighted by Crippen LogP contribution is 2.34. The van der Waals surface area contributed by atoms with Crippen LogP contribution in [0.1, 0.15) is 37.9 Å². The first-order valence-electron chi connectivity index (χ1n) is 8.29. The van der Waals surface area contributed by atoms with Gasteiger partial charge in [0.05, 0.1) is 30.9 Å². The molecular weight excluding hydrogens is 297 g/mol. The molecule has 3 rings (SSSR count). The molecule has 2 aliphatic heterocycles. The van der Waals surface area contributed by atoms with E-state index >= 15 is 0 Å². The number of fused-ring (bicyclic) bond motifs is 2. The molecule has 1 aromatic carbocycles. The number of nitrogens with one attached hydrogen (secondary N) is 2. The van der Waals surface area contributed by atoms with Crippen LogP contribution in [-0.2, 0) is 4.74 Å². The Morgan fingerprint density at radius 3 is 2.78 bits per heavy atom. The Morgan fingerprint density at radius 1 is 1.39 bits per heavy atom. The van der Waals surface area contributed by atoms with Crippen molar-refractivity contribution in [2.24, 2.45) is 4.99 Å². The van der Waals surface area contributed by atoms with Gasteiger partial charge < -0.3 is 20.5 Å². The van der Waals surface area contributed by atoms with Gasteiger partial charge in [-0.25, -0.2) is 4.39 Å². The Kier molecular flexibility index (Phi) is 5.13. The molecule has 2 saturated heterocycles. The van der Waals surface area contributed by atoms with Gasteiger partial charge in [-0.05, 0) is 43.9 Å². The maximum Gasteiger partial charge on any atom is 0.191 e. The first-order valence-corrected chi connectivity index (χ1v) is 8.29. The fourth-order valence-corrected chi connectivity index (χ4v) is 3.25. The molecule has 0 spiro atoms. The van der Waals surface area contributed by atoms with E-state index in [1.165, 1.54) is 12.1 Å². The van der Waals surface area contributed by atoms with Crippen molar-refractivity contribution in [3.8, 4) is 0 Å². The maximum absolute atomic E-state index is 12.9. The number of hydrogen-bond acceptors (Lipinski definition) is 3. The van der Waals surface area contributed by atoms with Gasteiger partial charge in [0.2, 0.25) is 0 Å². The maximum atomic E-state index is 12.9. The van der Waals surface area contributed by atoms with Gasteiger partial charge in [-0.2, -0.15) is 0 Å². The normalized spacial score (nSPS) is 28.0. The van der Waals surface area contributed by atoms with Gasteiger partial charge >= 0.3 is 0 Å². The highest BCUT2D eigenvalue weighted by Gasteiger charge is 2.41. The average molecular weight is 321 g/mol. The van der Waals surface area contributed by atoms with Crippen LogP contribution >= 0.6 is 0 Å². The average Bonchev–Trinajstić information content (AvgIpc) is 3.16. The number of benzene rings is 1. The summed E-state index contributed by atoms with van der Waals surface area (Å²) >= 11 is 0. The summed E-state index contributed by atoms with van der Waals surface area (Å²) in [7, 11) is 0. The van der Waals surface area contributed by atoms with Crippen LogP contribution in [0.2, 0.25) is 0 Å². The van der Waals surface area contributed by atoms with Crippen molar-refractivity contribution in [1.29, 1.82) is 0 Å². The Labute approximate surface area is 136 Å².